The fraction of sp³-hybridized carbons (Fsp3) is 0.600. The van der Waals surface area contributed by atoms with Crippen molar-refractivity contribution >= 4 is 0 Å². The van der Waals surface area contributed by atoms with Gasteiger partial charge in [-0.3, -0.25) is 4.90 Å². The second-order valence-corrected chi connectivity index (χ2v) is 4.66. The highest BCUT2D eigenvalue weighted by atomic mass is 16.5. The van der Waals surface area contributed by atoms with Crippen molar-refractivity contribution in [2.45, 2.75) is 12.8 Å². The van der Waals surface area contributed by atoms with Gasteiger partial charge >= 0.3 is 0 Å². The minimum absolute atomic E-state index is 0.827. The third-order valence-corrected chi connectivity index (χ3v) is 3.24. The monoisotopic (exact) mass is 249 g/mol. The quantitative estimate of drug-likeness (QED) is 0.690. The third-order valence-electron chi connectivity index (χ3n) is 3.24. The molecule has 1 aromatic carbocycles. The lowest BCUT2D eigenvalue weighted by atomic mass is 10.2. The Bertz CT molecular complexity index is 310. The van der Waals surface area contributed by atoms with Crippen LogP contribution in [0.1, 0.15) is 12.0 Å². The van der Waals surface area contributed by atoms with E-state index in [0.717, 1.165) is 58.9 Å². The summed E-state index contributed by atoms with van der Waals surface area (Å²) in [5.74, 6) is 0. The topological polar surface area (TPSA) is 21.7 Å². The smallest absolute Gasteiger partial charge is 0.0594 e. The average Bonchev–Trinajstić information content (AvgIpc) is 2.45. The average molecular weight is 249 g/mol. The van der Waals surface area contributed by atoms with Gasteiger partial charge in [-0.1, -0.05) is 30.3 Å². The zero-order chi connectivity index (χ0) is 12.5. The van der Waals surface area contributed by atoms with Crippen LogP contribution in [0.5, 0.6) is 0 Å². The summed E-state index contributed by atoms with van der Waals surface area (Å²) < 4.78 is 11.0. The van der Waals surface area contributed by atoms with Gasteiger partial charge in [0.2, 0.25) is 0 Å². The van der Waals surface area contributed by atoms with Crippen molar-refractivity contribution in [1.29, 1.82) is 0 Å². The van der Waals surface area contributed by atoms with Crippen LogP contribution >= 0.6 is 0 Å². The van der Waals surface area contributed by atoms with E-state index in [9.17, 15) is 0 Å². The lowest BCUT2D eigenvalue weighted by molar-refractivity contribution is 0.0321. The maximum absolute atomic E-state index is 5.67. The number of morpholine rings is 1. The molecule has 3 nitrogen and oxygen atoms in total. The summed E-state index contributed by atoms with van der Waals surface area (Å²) in [6.45, 7) is 6.74. The van der Waals surface area contributed by atoms with Gasteiger partial charge in [0, 0.05) is 26.2 Å². The summed E-state index contributed by atoms with van der Waals surface area (Å²) in [5.41, 5.74) is 1.35. The number of ether oxygens (including phenoxy) is 2. The summed E-state index contributed by atoms with van der Waals surface area (Å²) >= 11 is 0. The van der Waals surface area contributed by atoms with E-state index in [0.29, 0.717) is 0 Å². The molecule has 1 fully saturated rings. The molecular weight excluding hydrogens is 226 g/mol. The van der Waals surface area contributed by atoms with Crippen molar-refractivity contribution in [3.63, 3.8) is 0 Å². The molecule has 1 aliphatic heterocycles. The molecule has 0 bridgehead atoms. The van der Waals surface area contributed by atoms with Crippen molar-refractivity contribution in [1.82, 2.24) is 4.90 Å². The lowest BCUT2D eigenvalue weighted by Gasteiger charge is -2.26. The van der Waals surface area contributed by atoms with Gasteiger partial charge in [-0.15, -0.1) is 0 Å². The van der Waals surface area contributed by atoms with Crippen molar-refractivity contribution in [2.75, 3.05) is 46.1 Å². The largest absolute Gasteiger partial charge is 0.381 e. The van der Waals surface area contributed by atoms with Gasteiger partial charge in [0.1, 0.15) is 0 Å². The van der Waals surface area contributed by atoms with Gasteiger partial charge in [0.25, 0.3) is 0 Å². The number of hydrogen-bond acceptors (Lipinski definition) is 3. The normalized spacial score (nSPS) is 16.9. The van der Waals surface area contributed by atoms with Crippen molar-refractivity contribution in [3.05, 3.63) is 35.9 Å². The standard InChI is InChI=1S/C15H23NO2/c1-2-5-15(6-3-1)7-12-17-11-4-8-16-9-13-18-14-10-16/h1-3,5-6H,4,7-14H2. The van der Waals surface area contributed by atoms with Crippen LogP contribution in [0.3, 0.4) is 0 Å². The predicted octanol–water partition coefficient (Wildman–Crippen LogP) is 1.97. The van der Waals surface area contributed by atoms with Gasteiger partial charge in [0.15, 0.2) is 0 Å². The first kappa shape index (κ1) is 13.5. The summed E-state index contributed by atoms with van der Waals surface area (Å²) in [4.78, 5) is 2.45. The molecule has 0 saturated carbocycles. The fourth-order valence-corrected chi connectivity index (χ4v) is 2.15. The Kier molecular flexibility index (Phi) is 6.20. The molecule has 18 heavy (non-hydrogen) atoms. The summed E-state index contributed by atoms with van der Waals surface area (Å²) in [5, 5.41) is 0. The Labute approximate surface area is 110 Å². The van der Waals surface area contributed by atoms with Crippen LogP contribution in [0, 0.1) is 0 Å². The molecule has 2 rings (SSSR count). The molecule has 1 heterocycles. The third kappa shape index (κ3) is 5.17. The van der Waals surface area contributed by atoms with Crippen molar-refractivity contribution in [3.8, 4) is 0 Å². The minimum Gasteiger partial charge on any atom is -0.381 e. The van der Waals surface area contributed by atoms with Crippen LogP contribution in [0.2, 0.25) is 0 Å². The SMILES string of the molecule is c1ccc(CCOCCCN2CCOCC2)cc1. The molecule has 1 aliphatic rings. The summed E-state index contributed by atoms with van der Waals surface area (Å²) in [6, 6.07) is 10.5. The van der Waals surface area contributed by atoms with E-state index in [4.69, 9.17) is 9.47 Å². The molecule has 1 saturated heterocycles. The van der Waals surface area contributed by atoms with Crippen LogP contribution in [0.4, 0.5) is 0 Å². The van der Waals surface area contributed by atoms with E-state index in [2.05, 4.69) is 29.2 Å². The first-order chi connectivity index (χ1) is 8.95. The Balaban J connectivity index is 1.46. The lowest BCUT2D eigenvalue weighted by Crippen LogP contribution is -2.37. The Morgan fingerprint density at radius 2 is 1.83 bits per heavy atom. The molecule has 1 aromatic rings. The maximum atomic E-state index is 5.67. The van der Waals surface area contributed by atoms with E-state index < -0.39 is 0 Å². The first-order valence-electron chi connectivity index (χ1n) is 6.87. The zero-order valence-electron chi connectivity index (χ0n) is 11.0. The van der Waals surface area contributed by atoms with Crippen LogP contribution in [-0.4, -0.2) is 51.0 Å². The number of hydrogen-bond donors (Lipinski definition) is 0. The summed E-state index contributed by atoms with van der Waals surface area (Å²) in [6.07, 6.45) is 2.13. The molecule has 0 aromatic heterocycles. The van der Waals surface area contributed by atoms with Crippen LogP contribution in [0.15, 0.2) is 30.3 Å². The van der Waals surface area contributed by atoms with Gasteiger partial charge in [0.05, 0.1) is 19.8 Å². The molecular formula is C15H23NO2. The molecule has 0 aliphatic carbocycles. The molecule has 3 heteroatoms. The van der Waals surface area contributed by atoms with Crippen LogP contribution in [0.25, 0.3) is 0 Å². The Morgan fingerprint density at radius 1 is 1.06 bits per heavy atom. The summed E-state index contributed by atoms with van der Waals surface area (Å²) in [7, 11) is 0. The molecule has 0 atom stereocenters. The minimum atomic E-state index is 0.827. The van der Waals surface area contributed by atoms with E-state index in [1.54, 1.807) is 0 Å². The zero-order valence-corrected chi connectivity index (χ0v) is 11.0. The number of rotatable bonds is 7. The Hall–Kier alpha value is -0.900. The molecule has 0 unspecified atom stereocenters. The first-order valence-corrected chi connectivity index (χ1v) is 6.87. The maximum Gasteiger partial charge on any atom is 0.0594 e. The van der Waals surface area contributed by atoms with Gasteiger partial charge in [-0.25, -0.2) is 0 Å². The van der Waals surface area contributed by atoms with E-state index in [-0.39, 0.29) is 0 Å². The second-order valence-electron chi connectivity index (χ2n) is 4.66. The Morgan fingerprint density at radius 3 is 2.61 bits per heavy atom. The highest BCUT2D eigenvalue weighted by Gasteiger charge is 2.08. The van der Waals surface area contributed by atoms with Crippen LogP contribution in [-0.2, 0) is 15.9 Å². The fourth-order valence-electron chi connectivity index (χ4n) is 2.15. The van der Waals surface area contributed by atoms with E-state index in [1.807, 2.05) is 6.07 Å². The molecule has 0 amide bonds. The second kappa shape index (κ2) is 8.25. The molecule has 0 N–H and O–H groups in total. The highest BCUT2D eigenvalue weighted by Crippen LogP contribution is 2.01. The van der Waals surface area contributed by atoms with Gasteiger partial charge < -0.3 is 9.47 Å². The van der Waals surface area contributed by atoms with E-state index >= 15 is 0 Å². The van der Waals surface area contributed by atoms with Crippen LogP contribution < -0.4 is 0 Å². The molecule has 0 spiro atoms. The van der Waals surface area contributed by atoms with E-state index in [1.165, 1.54) is 5.56 Å². The number of nitrogens with zero attached hydrogens (tertiary/aromatic N) is 1. The van der Waals surface area contributed by atoms with Gasteiger partial charge in [-0.05, 0) is 18.4 Å². The van der Waals surface area contributed by atoms with Crippen molar-refractivity contribution < 1.29 is 9.47 Å². The molecule has 0 radical (unpaired) electrons. The predicted molar refractivity (Wildman–Crippen MR) is 72.8 cm³/mol. The molecule has 100 valence electrons. The number of benzene rings is 1. The van der Waals surface area contributed by atoms with Crippen molar-refractivity contribution in [2.24, 2.45) is 0 Å². The van der Waals surface area contributed by atoms with Gasteiger partial charge in [-0.2, -0.15) is 0 Å². The highest BCUT2D eigenvalue weighted by molar-refractivity contribution is 5.14.